The van der Waals surface area contributed by atoms with Gasteiger partial charge in [0.15, 0.2) is 0 Å². The summed E-state index contributed by atoms with van der Waals surface area (Å²) in [4.78, 5) is 12.6. The van der Waals surface area contributed by atoms with Crippen molar-refractivity contribution in [2.75, 3.05) is 11.4 Å². The molecule has 2 aromatic rings. The maximum absolute atomic E-state index is 12.8. The van der Waals surface area contributed by atoms with Gasteiger partial charge in [0.25, 0.3) is 15.9 Å². The number of rotatable bonds is 6. The number of nitrogens with zero attached hydrogens (tertiary/aromatic N) is 1. The molecule has 1 amide bonds. The van der Waals surface area contributed by atoms with Gasteiger partial charge in [-0.3, -0.25) is 9.10 Å². The van der Waals surface area contributed by atoms with Crippen molar-refractivity contribution in [1.82, 2.24) is 5.32 Å². The molecule has 0 bridgehead atoms. The van der Waals surface area contributed by atoms with Crippen LogP contribution in [-0.2, 0) is 10.0 Å². The molecule has 0 aliphatic carbocycles. The third-order valence-corrected chi connectivity index (χ3v) is 6.33. The summed E-state index contributed by atoms with van der Waals surface area (Å²) in [5.74, 6) is -0.240. The second kappa shape index (κ2) is 7.68. The van der Waals surface area contributed by atoms with Crippen LogP contribution in [0.3, 0.4) is 0 Å². The van der Waals surface area contributed by atoms with Gasteiger partial charge in [0.1, 0.15) is 0 Å². The van der Waals surface area contributed by atoms with Gasteiger partial charge < -0.3 is 5.32 Å². The normalized spacial score (nSPS) is 11.9. The number of benzene rings is 2. The third kappa shape index (κ3) is 4.56. The highest BCUT2D eigenvalue weighted by Crippen LogP contribution is 2.24. The topological polar surface area (TPSA) is 66.5 Å². The van der Waals surface area contributed by atoms with Crippen molar-refractivity contribution >= 4 is 33.2 Å². The Morgan fingerprint density at radius 1 is 1.15 bits per heavy atom. The summed E-state index contributed by atoms with van der Waals surface area (Å²) in [6.45, 7) is 5.86. The van der Waals surface area contributed by atoms with Crippen LogP contribution in [0.1, 0.15) is 37.6 Å². The molecule has 5 nitrogen and oxygen atoms in total. The summed E-state index contributed by atoms with van der Waals surface area (Å²) >= 11 is 5.83. The van der Waals surface area contributed by atoms with Gasteiger partial charge in [-0.05, 0) is 62.7 Å². The van der Waals surface area contributed by atoms with E-state index < -0.39 is 10.0 Å². The molecule has 2 rings (SSSR count). The highest BCUT2D eigenvalue weighted by atomic mass is 35.5. The molecule has 1 N–H and O–H groups in total. The summed E-state index contributed by atoms with van der Waals surface area (Å²) in [5.41, 5.74) is 0.470. The van der Waals surface area contributed by atoms with Gasteiger partial charge in [-0.2, -0.15) is 0 Å². The van der Waals surface area contributed by atoms with Gasteiger partial charge in [-0.1, -0.05) is 24.6 Å². The summed E-state index contributed by atoms with van der Waals surface area (Å²) in [6, 6.07) is 12.5. The van der Waals surface area contributed by atoms with Gasteiger partial charge in [0.05, 0.1) is 10.6 Å². The summed E-state index contributed by atoms with van der Waals surface area (Å²) in [6.07, 6.45) is 0.781. The smallest absolute Gasteiger partial charge is 0.264 e. The molecular formula is C19H23ClN2O3S. The number of hydrogen-bond donors (Lipinski definition) is 1. The lowest BCUT2D eigenvalue weighted by atomic mass is 10.0. The standard InChI is InChI=1S/C19H23ClN2O3S/c1-5-19(2,3)21-18(23)14-7-6-8-16(13-14)22(4)26(24,25)17-11-9-15(20)10-12-17/h6-13H,5H2,1-4H3,(H,21,23). The van der Waals surface area contributed by atoms with Crippen LogP contribution in [0, 0.1) is 0 Å². The van der Waals surface area contributed by atoms with E-state index >= 15 is 0 Å². The second-order valence-electron chi connectivity index (χ2n) is 6.67. The molecule has 0 atom stereocenters. The van der Waals surface area contributed by atoms with E-state index in [0.717, 1.165) is 10.7 Å². The van der Waals surface area contributed by atoms with Crippen molar-refractivity contribution in [3.8, 4) is 0 Å². The average molecular weight is 395 g/mol. The molecule has 0 aliphatic heterocycles. The first-order valence-electron chi connectivity index (χ1n) is 8.24. The van der Waals surface area contributed by atoms with Crippen LogP contribution < -0.4 is 9.62 Å². The lowest BCUT2D eigenvalue weighted by Gasteiger charge is -2.25. The quantitative estimate of drug-likeness (QED) is 0.802. The fraction of sp³-hybridized carbons (Fsp3) is 0.316. The first-order valence-corrected chi connectivity index (χ1v) is 10.1. The number of sulfonamides is 1. The fourth-order valence-electron chi connectivity index (χ4n) is 2.21. The molecule has 0 saturated heterocycles. The molecular weight excluding hydrogens is 372 g/mol. The highest BCUT2D eigenvalue weighted by molar-refractivity contribution is 7.92. The highest BCUT2D eigenvalue weighted by Gasteiger charge is 2.23. The monoisotopic (exact) mass is 394 g/mol. The Morgan fingerprint density at radius 2 is 1.77 bits per heavy atom. The molecule has 0 aromatic heterocycles. The minimum Gasteiger partial charge on any atom is -0.347 e. The molecule has 0 spiro atoms. The van der Waals surface area contributed by atoms with Crippen LogP contribution in [0.25, 0.3) is 0 Å². The Labute approximate surface area is 160 Å². The zero-order valence-electron chi connectivity index (χ0n) is 15.3. The maximum atomic E-state index is 12.8. The van der Waals surface area contributed by atoms with Crippen molar-refractivity contribution < 1.29 is 13.2 Å². The summed E-state index contributed by atoms with van der Waals surface area (Å²) < 4.78 is 26.7. The van der Waals surface area contributed by atoms with Crippen molar-refractivity contribution in [2.45, 2.75) is 37.6 Å². The van der Waals surface area contributed by atoms with E-state index in [4.69, 9.17) is 11.6 Å². The lowest BCUT2D eigenvalue weighted by molar-refractivity contribution is 0.0911. The maximum Gasteiger partial charge on any atom is 0.264 e. The van der Waals surface area contributed by atoms with E-state index in [9.17, 15) is 13.2 Å². The molecule has 7 heteroatoms. The summed E-state index contributed by atoms with van der Waals surface area (Å²) in [5, 5.41) is 3.41. The predicted octanol–water partition coefficient (Wildman–Crippen LogP) is 4.08. The first-order chi connectivity index (χ1) is 12.1. The van der Waals surface area contributed by atoms with Crippen LogP contribution in [0.4, 0.5) is 5.69 Å². The number of nitrogens with one attached hydrogen (secondary N) is 1. The van der Waals surface area contributed by atoms with Crippen molar-refractivity contribution in [3.05, 3.63) is 59.1 Å². The molecule has 0 aliphatic rings. The predicted molar refractivity (Wildman–Crippen MR) is 105 cm³/mol. The van der Waals surface area contributed by atoms with E-state index in [1.807, 2.05) is 20.8 Å². The Kier molecular flexibility index (Phi) is 5.98. The lowest BCUT2D eigenvalue weighted by Crippen LogP contribution is -2.42. The van der Waals surface area contributed by atoms with Gasteiger partial charge in [-0.15, -0.1) is 0 Å². The van der Waals surface area contributed by atoms with Crippen LogP contribution in [0.2, 0.25) is 5.02 Å². The molecule has 140 valence electrons. The molecule has 0 fully saturated rings. The molecule has 26 heavy (non-hydrogen) atoms. The van der Waals surface area contributed by atoms with Crippen molar-refractivity contribution in [3.63, 3.8) is 0 Å². The van der Waals surface area contributed by atoms with Gasteiger partial charge in [0, 0.05) is 23.2 Å². The number of halogens is 1. The van der Waals surface area contributed by atoms with Crippen molar-refractivity contribution in [1.29, 1.82) is 0 Å². The number of anilines is 1. The van der Waals surface area contributed by atoms with E-state index in [-0.39, 0.29) is 16.3 Å². The minimum atomic E-state index is -3.75. The average Bonchev–Trinajstić information content (AvgIpc) is 2.61. The van der Waals surface area contributed by atoms with E-state index in [0.29, 0.717) is 16.3 Å². The molecule has 0 unspecified atom stereocenters. The van der Waals surface area contributed by atoms with Gasteiger partial charge in [0.2, 0.25) is 0 Å². The first kappa shape index (κ1) is 20.3. The summed E-state index contributed by atoms with van der Waals surface area (Å²) in [7, 11) is -2.29. The largest absolute Gasteiger partial charge is 0.347 e. The molecule has 0 heterocycles. The van der Waals surface area contributed by atoms with E-state index in [2.05, 4.69) is 5.32 Å². The Morgan fingerprint density at radius 3 is 2.35 bits per heavy atom. The molecule has 0 radical (unpaired) electrons. The Hall–Kier alpha value is -2.05. The number of carbonyl (C=O) groups excluding carboxylic acids is 1. The van der Waals surface area contributed by atoms with Crippen LogP contribution in [-0.4, -0.2) is 26.9 Å². The van der Waals surface area contributed by atoms with Gasteiger partial charge in [-0.25, -0.2) is 8.42 Å². The van der Waals surface area contributed by atoms with Gasteiger partial charge >= 0.3 is 0 Å². The van der Waals surface area contributed by atoms with E-state index in [1.165, 1.54) is 31.3 Å². The number of hydrogen-bond acceptors (Lipinski definition) is 3. The van der Waals surface area contributed by atoms with Crippen molar-refractivity contribution in [2.24, 2.45) is 0 Å². The SMILES string of the molecule is CCC(C)(C)NC(=O)c1cccc(N(C)S(=O)(=O)c2ccc(Cl)cc2)c1. The third-order valence-electron chi connectivity index (χ3n) is 4.28. The van der Waals surface area contributed by atoms with E-state index in [1.54, 1.807) is 24.3 Å². The van der Waals surface area contributed by atoms with Crippen LogP contribution in [0.15, 0.2) is 53.4 Å². The zero-order valence-corrected chi connectivity index (χ0v) is 16.9. The van der Waals surface area contributed by atoms with Crippen LogP contribution >= 0.6 is 11.6 Å². The second-order valence-corrected chi connectivity index (χ2v) is 9.07. The fourth-order valence-corrected chi connectivity index (χ4v) is 3.53. The minimum absolute atomic E-state index is 0.131. The zero-order chi connectivity index (χ0) is 19.5. The Balaban J connectivity index is 2.31. The number of amides is 1. The molecule has 0 saturated carbocycles. The Bertz CT molecular complexity index is 893. The van der Waals surface area contributed by atoms with Crippen LogP contribution in [0.5, 0.6) is 0 Å². The number of carbonyl (C=O) groups is 1. The molecule has 2 aromatic carbocycles.